The van der Waals surface area contributed by atoms with Crippen LogP contribution in [0.4, 0.5) is 0 Å². The normalized spacial score (nSPS) is 23.7. The van der Waals surface area contributed by atoms with Gasteiger partial charge in [0, 0.05) is 6.04 Å². The Morgan fingerprint density at radius 2 is 1.91 bits per heavy atom. The van der Waals surface area contributed by atoms with Crippen LogP contribution in [0.15, 0.2) is 0 Å². The molecule has 11 heavy (non-hydrogen) atoms. The van der Waals surface area contributed by atoms with E-state index in [2.05, 4.69) is 32.8 Å². The molecule has 1 heteroatoms. The van der Waals surface area contributed by atoms with E-state index in [9.17, 15) is 0 Å². The van der Waals surface area contributed by atoms with Gasteiger partial charge in [-0.1, -0.05) is 13.3 Å². The molecule has 1 saturated carbocycles. The van der Waals surface area contributed by atoms with Crippen LogP contribution >= 0.6 is 0 Å². The monoisotopic (exact) mass is 155 g/mol. The molecule has 1 aliphatic rings. The van der Waals surface area contributed by atoms with Gasteiger partial charge in [-0.3, -0.25) is 0 Å². The summed E-state index contributed by atoms with van der Waals surface area (Å²) in [4.78, 5) is 2.35. The molecule has 66 valence electrons. The maximum absolute atomic E-state index is 2.35. The summed E-state index contributed by atoms with van der Waals surface area (Å²) in [7, 11) is 4.38. The van der Waals surface area contributed by atoms with Gasteiger partial charge in [-0.05, 0) is 45.7 Å². The molecule has 1 rings (SSSR count). The van der Waals surface area contributed by atoms with Gasteiger partial charge >= 0.3 is 0 Å². The van der Waals surface area contributed by atoms with Crippen LogP contribution in [0.3, 0.4) is 0 Å². The highest BCUT2D eigenvalue weighted by Gasteiger charge is 2.33. The summed E-state index contributed by atoms with van der Waals surface area (Å²) in [6.45, 7) is 4.68. The Morgan fingerprint density at radius 3 is 2.18 bits per heavy atom. The van der Waals surface area contributed by atoms with E-state index in [1.54, 1.807) is 0 Å². The second-order valence-electron chi connectivity index (χ2n) is 4.11. The first-order chi connectivity index (χ1) is 5.16. The largest absolute Gasteiger partial charge is 0.306 e. The summed E-state index contributed by atoms with van der Waals surface area (Å²) < 4.78 is 0. The van der Waals surface area contributed by atoms with Crippen molar-refractivity contribution in [2.45, 2.75) is 39.2 Å². The molecular formula is C10H21N. The molecule has 1 nitrogen and oxygen atoms in total. The van der Waals surface area contributed by atoms with E-state index < -0.39 is 0 Å². The predicted octanol–water partition coefficient (Wildman–Crippen LogP) is 2.37. The highest BCUT2D eigenvalue weighted by molar-refractivity contribution is 4.86. The molecule has 0 heterocycles. The summed E-state index contributed by atoms with van der Waals surface area (Å²) in [5.74, 6) is 2.00. The zero-order valence-electron chi connectivity index (χ0n) is 8.30. The van der Waals surface area contributed by atoms with Crippen molar-refractivity contribution < 1.29 is 0 Å². The van der Waals surface area contributed by atoms with Crippen LogP contribution in [-0.4, -0.2) is 25.0 Å². The Hall–Kier alpha value is -0.0400. The van der Waals surface area contributed by atoms with Gasteiger partial charge in [-0.25, -0.2) is 0 Å². The molecule has 0 aromatic rings. The van der Waals surface area contributed by atoms with Crippen LogP contribution in [0.5, 0.6) is 0 Å². The van der Waals surface area contributed by atoms with E-state index in [4.69, 9.17) is 0 Å². The molecule has 1 fully saturated rings. The number of rotatable bonds is 4. The summed E-state index contributed by atoms with van der Waals surface area (Å²) >= 11 is 0. The van der Waals surface area contributed by atoms with Crippen molar-refractivity contribution in [3.8, 4) is 0 Å². The quantitative estimate of drug-likeness (QED) is 0.602. The average molecular weight is 155 g/mol. The summed E-state index contributed by atoms with van der Waals surface area (Å²) in [5.41, 5.74) is 0. The third-order valence-corrected chi connectivity index (χ3v) is 3.13. The molecule has 0 saturated heterocycles. The number of hydrogen-bond acceptors (Lipinski definition) is 1. The van der Waals surface area contributed by atoms with Crippen LogP contribution in [-0.2, 0) is 0 Å². The summed E-state index contributed by atoms with van der Waals surface area (Å²) in [5, 5.41) is 0. The Bertz CT molecular complexity index is 116. The summed E-state index contributed by atoms with van der Waals surface area (Å²) in [6.07, 6.45) is 4.32. The van der Waals surface area contributed by atoms with Gasteiger partial charge < -0.3 is 4.90 Å². The Morgan fingerprint density at radius 1 is 1.36 bits per heavy atom. The lowest BCUT2D eigenvalue weighted by Crippen LogP contribution is -2.33. The second kappa shape index (κ2) is 3.57. The minimum absolute atomic E-state index is 0.771. The number of hydrogen-bond donors (Lipinski definition) is 0. The smallest absolute Gasteiger partial charge is 0.00916 e. The Labute approximate surface area is 70.8 Å². The van der Waals surface area contributed by atoms with Crippen LogP contribution in [0.1, 0.15) is 33.1 Å². The van der Waals surface area contributed by atoms with Crippen molar-refractivity contribution in [3.63, 3.8) is 0 Å². The molecule has 2 atom stereocenters. The first kappa shape index (κ1) is 9.05. The third-order valence-electron chi connectivity index (χ3n) is 3.13. The Balaban J connectivity index is 2.39. The third kappa shape index (κ3) is 2.19. The molecule has 0 N–H and O–H groups in total. The van der Waals surface area contributed by atoms with Crippen molar-refractivity contribution >= 4 is 0 Å². The SMILES string of the molecule is CCC(C1CC1)[C@@H](C)N(C)C. The lowest BCUT2D eigenvalue weighted by atomic mass is 9.92. The minimum atomic E-state index is 0.771. The van der Waals surface area contributed by atoms with Gasteiger partial charge in [0.2, 0.25) is 0 Å². The van der Waals surface area contributed by atoms with E-state index in [-0.39, 0.29) is 0 Å². The van der Waals surface area contributed by atoms with E-state index in [0.717, 1.165) is 17.9 Å². The topological polar surface area (TPSA) is 3.24 Å². The first-order valence-electron chi connectivity index (χ1n) is 4.83. The van der Waals surface area contributed by atoms with Crippen molar-refractivity contribution in [1.29, 1.82) is 0 Å². The molecule has 1 unspecified atom stereocenters. The van der Waals surface area contributed by atoms with Crippen LogP contribution in [0, 0.1) is 11.8 Å². The maximum Gasteiger partial charge on any atom is 0.00916 e. The molecule has 0 aromatic heterocycles. The molecule has 0 radical (unpaired) electrons. The van der Waals surface area contributed by atoms with Crippen LogP contribution in [0.25, 0.3) is 0 Å². The van der Waals surface area contributed by atoms with Gasteiger partial charge in [-0.2, -0.15) is 0 Å². The summed E-state index contributed by atoms with van der Waals surface area (Å²) in [6, 6.07) is 0.771. The fraction of sp³-hybridized carbons (Fsp3) is 1.00. The van der Waals surface area contributed by atoms with Crippen molar-refractivity contribution in [3.05, 3.63) is 0 Å². The highest BCUT2D eigenvalue weighted by Crippen LogP contribution is 2.40. The molecule has 0 spiro atoms. The second-order valence-corrected chi connectivity index (χ2v) is 4.11. The van der Waals surface area contributed by atoms with Crippen molar-refractivity contribution in [2.24, 2.45) is 11.8 Å². The van der Waals surface area contributed by atoms with Gasteiger partial charge in [0.15, 0.2) is 0 Å². The molecule has 0 bridgehead atoms. The lowest BCUT2D eigenvalue weighted by Gasteiger charge is -2.28. The minimum Gasteiger partial charge on any atom is -0.306 e. The van der Waals surface area contributed by atoms with Gasteiger partial charge in [-0.15, -0.1) is 0 Å². The molecule has 1 aliphatic carbocycles. The zero-order valence-corrected chi connectivity index (χ0v) is 8.30. The van der Waals surface area contributed by atoms with Crippen LogP contribution < -0.4 is 0 Å². The predicted molar refractivity (Wildman–Crippen MR) is 49.7 cm³/mol. The molecule has 0 aliphatic heterocycles. The fourth-order valence-corrected chi connectivity index (χ4v) is 1.98. The standard InChI is InChI=1S/C10H21N/c1-5-10(9-6-7-9)8(2)11(3)4/h8-10H,5-7H2,1-4H3/t8-,10?/m1/s1. The zero-order chi connectivity index (χ0) is 8.43. The van der Waals surface area contributed by atoms with E-state index in [1.807, 2.05) is 0 Å². The van der Waals surface area contributed by atoms with E-state index in [1.165, 1.54) is 19.3 Å². The molecule has 0 aromatic carbocycles. The first-order valence-corrected chi connectivity index (χ1v) is 4.83. The van der Waals surface area contributed by atoms with Gasteiger partial charge in [0.05, 0.1) is 0 Å². The van der Waals surface area contributed by atoms with Crippen molar-refractivity contribution in [1.82, 2.24) is 4.90 Å². The molecular weight excluding hydrogens is 134 g/mol. The maximum atomic E-state index is 2.35. The van der Waals surface area contributed by atoms with Gasteiger partial charge in [0.1, 0.15) is 0 Å². The van der Waals surface area contributed by atoms with E-state index >= 15 is 0 Å². The fourth-order valence-electron chi connectivity index (χ4n) is 1.98. The number of nitrogens with zero attached hydrogens (tertiary/aromatic N) is 1. The lowest BCUT2D eigenvalue weighted by molar-refractivity contribution is 0.202. The van der Waals surface area contributed by atoms with Crippen LogP contribution in [0.2, 0.25) is 0 Å². The van der Waals surface area contributed by atoms with E-state index in [0.29, 0.717) is 0 Å². The average Bonchev–Trinajstić information content (AvgIpc) is 2.72. The molecule has 0 amide bonds. The van der Waals surface area contributed by atoms with Gasteiger partial charge in [0.25, 0.3) is 0 Å². The highest BCUT2D eigenvalue weighted by atomic mass is 15.1. The Kier molecular flexibility index (Phi) is 2.94. The van der Waals surface area contributed by atoms with Crippen molar-refractivity contribution in [2.75, 3.05) is 14.1 Å².